The Morgan fingerprint density at radius 1 is 0.939 bits per heavy atom. The van der Waals surface area contributed by atoms with Gasteiger partial charge in [-0.2, -0.15) is 35.7 Å². The van der Waals surface area contributed by atoms with Crippen LogP contribution in [-0.2, 0) is 28.9 Å². The van der Waals surface area contributed by atoms with Crippen molar-refractivity contribution in [3.05, 3.63) is 46.8 Å². The van der Waals surface area contributed by atoms with Gasteiger partial charge in [-0.1, -0.05) is 0 Å². The molecule has 0 bridgehead atoms. The quantitative estimate of drug-likeness (QED) is 0.606. The molecule has 1 aliphatic heterocycles. The number of rotatable bonds is 4. The lowest BCUT2D eigenvalue weighted by Gasteiger charge is -2.34. The zero-order chi connectivity index (χ0) is 24.8. The van der Waals surface area contributed by atoms with Gasteiger partial charge in [-0.25, -0.2) is 8.42 Å². The van der Waals surface area contributed by atoms with Crippen molar-refractivity contribution in [3.63, 3.8) is 0 Å². The van der Waals surface area contributed by atoms with E-state index in [-0.39, 0.29) is 44.4 Å². The zero-order valence-electron chi connectivity index (χ0n) is 17.5. The molecule has 0 atom stereocenters. The molecule has 0 unspecified atom stereocenters. The van der Waals surface area contributed by atoms with Crippen LogP contribution < -0.4 is 0 Å². The van der Waals surface area contributed by atoms with Crippen molar-refractivity contribution >= 4 is 15.9 Å². The normalized spacial score (nSPS) is 16.3. The van der Waals surface area contributed by atoms with E-state index in [0.29, 0.717) is 17.9 Å². The Bertz CT molecular complexity index is 1120. The Morgan fingerprint density at radius 3 is 1.91 bits per heavy atom. The molecule has 0 aliphatic carbocycles. The Hall–Kier alpha value is -2.61. The number of hydrogen-bond donors (Lipinski definition) is 0. The number of halogens is 6. The number of piperazine rings is 1. The number of benzene rings is 1. The lowest BCUT2D eigenvalue weighted by Crippen LogP contribution is -2.50. The summed E-state index contributed by atoms with van der Waals surface area (Å²) < 4.78 is 107. The van der Waals surface area contributed by atoms with E-state index in [1.54, 1.807) is 19.9 Å². The van der Waals surface area contributed by atoms with Gasteiger partial charge in [0.1, 0.15) is 5.69 Å². The van der Waals surface area contributed by atoms with Crippen LogP contribution in [0.25, 0.3) is 0 Å². The summed E-state index contributed by atoms with van der Waals surface area (Å²) in [6, 6.07) is 1.82. The van der Waals surface area contributed by atoms with E-state index >= 15 is 0 Å². The number of alkyl halides is 6. The lowest BCUT2D eigenvalue weighted by atomic mass is 10.1. The predicted molar refractivity (Wildman–Crippen MR) is 104 cm³/mol. The van der Waals surface area contributed by atoms with Crippen LogP contribution in [0.5, 0.6) is 0 Å². The van der Waals surface area contributed by atoms with Crippen molar-refractivity contribution in [2.45, 2.75) is 37.6 Å². The number of hydrogen-bond acceptors (Lipinski definition) is 4. The van der Waals surface area contributed by atoms with Gasteiger partial charge in [0.15, 0.2) is 0 Å². The molecule has 3 rings (SSSR count). The highest BCUT2D eigenvalue weighted by atomic mass is 32.2. The zero-order valence-corrected chi connectivity index (χ0v) is 18.4. The maximum absolute atomic E-state index is 13.1. The van der Waals surface area contributed by atoms with Crippen LogP contribution >= 0.6 is 0 Å². The summed E-state index contributed by atoms with van der Waals surface area (Å²) >= 11 is 0. The Balaban J connectivity index is 1.85. The molecule has 0 radical (unpaired) electrons. The molecular weight excluding hydrogens is 478 g/mol. The fraction of sp³-hybridized carbons (Fsp3) is 0.474. The van der Waals surface area contributed by atoms with Gasteiger partial charge in [-0.15, -0.1) is 0 Å². The molecule has 1 aromatic carbocycles. The number of carbonyl (C=O) groups is 1. The highest BCUT2D eigenvalue weighted by Gasteiger charge is 2.40. The van der Waals surface area contributed by atoms with E-state index in [4.69, 9.17) is 0 Å². The second-order valence-electron chi connectivity index (χ2n) is 7.42. The van der Waals surface area contributed by atoms with E-state index in [1.165, 1.54) is 9.58 Å². The molecule has 1 aliphatic rings. The predicted octanol–water partition coefficient (Wildman–Crippen LogP) is 3.40. The summed E-state index contributed by atoms with van der Waals surface area (Å²) in [5, 5.41) is 4.17. The average molecular weight is 498 g/mol. The Labute approximate surface area is 185 Å². The summed E-state index contributed by atoms with van der Waals surface area (Å²) in [5.41, 5.74) is -2.51. The first-order chi connectivity index (χ1) is 15.1. The molecule has 1 fully saturated rings. The van der Waals surface area contributed by atoms with Gasteiger partial charge in [0.2, 0.25) is 10.0 Å². The number of aromatic nitrogens is 2. The first kappa shape index (κ1) is 25.0. The topological polar surface area (TPSA) is 75.5 Å². The van der Waals surface area contributed by atoms with Crippen LogP contribution in [0.15, 0.2) is 29.2 Å². The highest BCUT2D eigenvalue weighted by Crippen LogP contribution is 2.37. The second kappa shape index (κ2) is 8.63. The molecule has 182 valence electrons. The maximum Gasteiger partial charge on any atom is 0.416 e. The van der Waals surface area contributed by atoms with Gasteiger partial charge in [0, 0.05) is 32.7 Å². The molecule has 14 heteroatoms. The van der Waals surface area contributed by atoms with E-state index in [2.05, 4.69) is 5.10 Å². The number of aryl methyl sites for hydroxylation is 2. The lowest BCUT2D eigenvalue weighted by molar-refractivity contribution is -0.143. The summed E-state index contributed by atoms with van der Waals surface area (Å²) in [4.78, 5) is 13.0. The average Bonchev–Trinajstić information content (AvgIpc) is 3.12. The second-order valence-corrected chi connectivity index (χ2v) is 9.36. The molecule has 2 aromatic rings. The molecule has 1 amide bonds. The fourth-order valence-electron chi connectivity index (χ4n) is 3.48. The summed E-state index contributed by atoms with van der Waals surface area (Å²) in [6.45, 7) is 3.18. The number of amides is 1. The third-order valence-electron chi connectivity index (χ3n) is 5.15. The molecular formula is C19H20F6N4O3S. The minimum absolute atomic E-state index is 0.0862. The first-order valence-electron chi connectivity index (χ1n) is 9.78. The monoisotopic (exact) mass is 498 g/mol. The van der Waals surface area contributed by atoms with Crippen molar-refractivity contribution in [3.8, 4) is 0 Å². The smallest absolute Gasteiger partial charge is 0.335 e. The van der Waals surface area contributed by atoms with Gasteiger partial charge in [-0.05, 0) is 38.1 Å². The summed E-state index contributed by atoms with van der Waals surface area (Å²) in [5.74, 6) is -0.395. The largest absolute Gasteiger partial charge is 0.416 e. The van der Waals surface area contributed by atoms with Gasteiger partial charge < -0.3 is 4.90 Å². The maximum atomic E-state index is 13.1. The van der Waals surface area contributed by atoms with Gasteiger partial charge in [0.05, 0.1) is 21.7 Å². The standard InChI is InChI=1S/C19H20F6N4O3S/c1-3-29-16(8-12(2)26-29)17(30)27-4-6-28(7-5-27)33(31,32)15-10-13(18(20,21)22)9-14(11-15)19(23,24)25/h8-11H,3-7H2,1-2H3. The van der Waals surface area contributed by atoms with Gasteiger partial charge in [0.25, 0.3) is 5.91 Å². The first-order valence-corrected chi connectivity index (χ1v) is 11.2. The molecule has 1 aromatic heterocycles. The third kappa shape index (κ3) is 5.16. The summed E-state index contributed by atoms with van der Waals surface area (Å²) in [6.07, 6.45) is -10.3. The van der Waals surface area contributed by atoms with Crippen LogP contribution in [0.3, 0.4) is 0 Å². The summed E-state index contributed by atoms with van der Waals surface area (Å²) in [7, 11) is -4.67. The van der Waals surface area contributed by atoms with Crippen molar-refractivity contribution in [1.29, 1.82) is 0 Å². The van der Waals surface area contributed by atoms with Gasteiger partial charge in [-0.3, -0.25) is 9.48 Å². The van der Waals surface area contributed by atoms with Crippen molar-refractivity contribution in [2.75, 3.05) is 26.2 Å². The van der Waals surface area contributed by atoms with E-state index < -0.39 is 44.3 Å². The molecule has 7 nitrogen and oxygen atoms in total. The fourth-order valence-corrected chi connectivity index (χ4v) is 4.97. The minimum Gasteiger partial charge on any atom is -0.335 e. The van der Waals surface area contributed by atoms with Crippen LogP contribution in [0.4, 0.5) is 26.3 Å². The molecule has 2 heterocycles. The molecule has 1 saturated heterocycles. The number of sulfonamides is 1. The Kier molecular flexibility index (Phi) is 6.54. The van der Waals surface area contributed by atoms with Crippen molar-refractivity contribution < 1.29 is 39.6 Å². The third-order valence-corrected chi connectivity index (χ3v) is 7.02. The van der Waals surface area contributed by atoms with Crippen molar-refractivity contribution in [2.24, 2.45) is 0 Å². The van der Waals surface area contributed by atoms with Gasteiger partial charge >= 0.3 is 12.4 Å². The van der Waals surface area contributed by atoms with Crippen LogP contribution in [0.1, 0.15) is 34.2 Å². The van der Waals surface area contributed by atoms with Crippen molar-refractivity contribution in [1.82, 2.24) is 19.0 Å². The number of nitrogens with zero attached hydrogens (tertiary/aromatic N) is 4. The van der Waals surface area contributed by atoms with Crippen LogP contribution in [0, 0.1) is 6.92 Å². The van der Waals surface area contributed by atoms with E-state index in [0.717, 1.165) is 4.31 Å². The van der Waals surface area contributed by atoms with Crippen LogP contribution in [-0.4, -0.2) is 59.5 Å². The number of carbonyl (C=O) groups excluding carboxylic acids is 1. The molecule has 33 heavy (non-hydrogen) atoms. The Morgan fingerprint density at radius 2 is 1.45 bits per heavy atom. The van der Waals surface area contributed by atoms with E-state index in [9.17, 15) is 39.6 Å². The highest BCUT2D eigenvalue weighted by molar-refractivity contribution is 7.89. The molecule has 0 saturated carbocycles. The molecule has 0 spiro atoms. The molecule has 0 N–H and O–H groups in total. The van der Waals surface area contributed by atoms with E-state index in [1.807, 2.05) is 0 Å². The van der Waals surface area contributed by atoms with Crippen LogP contribution in [0.2, 0.25) is 0 Å². The minimum atomic E-state index is -5.17. The SMILES string of the molecule is CCn1nc(C)cc1C(=O)N1CCN(S(=O)(=O)c2cc(C(F)(F)F)cc(C(F)(F)F)c2)CC1.